The molecule has 3 N–H and O–H groups in total. The highest BCUT2D eigenvalue weighted by Gasteiger charge is 2.36. The Balaban J connectivity index is 2.50. The van der Waals surface area contributed by atoms with Crippen LogP contribution >= 0.6 is 0 Å². The maximum absolute atomic E-state index is 6.21. The fourth-order valence-electron chi connectivity index (χ4n) is 1.66. The van der Waals surface area contributed by atoms with Gasteiger partial charge in [0.15, 0.2) is 0 Å². The summed E-state index contributed by atoms with van der Waals surface area (Å²) in [5.74, 6) is 0. The lowest BCUT2D eigenvalue weighted by Gasteiger charge is -2.43. The average molecular weight is 228 g/mol. The Bertz CT molecular complexity index is 225. The molecule has 3 nitrogen and oxygen atoms in total. The zero-order valence-corrected chi connectivity index (χ0v) is 11.5. The lowest BCUT2D eigenvalue weighted by molar-refractivity contribution is 0.0377. The monoisotopic (exact) mass is 228 g/mol. The van der Waals surface area contributed by atoms with Crippen LogP contribution in [0, 0.1) is 5.41 Å². The van der Waals surface area contributed by atoms with Crippen molar-refractivity contribution in [3.63, 3.8) is 0 Å². The van der Waals surface area contributed by atoms with Gasteiger partial charge in [0, 0.05) is 30.8 Å². The lowest BCUT2D eigenvalue weighted by Crippen LogP contribution is -2.57. The van der Waals surface area contributed by atoms with E-state index in [4.69, 9.17) is 10.5 Å². The van der Waals surface area contributed by atoms with Crippen LogP contribution in [0.3, 0.4) is 0 Å². The van der Waals surface area contributed by atoms with Gasteiger partial charge in [0.1, 0.15) is 0 Å². The fraction of sp³-hybridized carbons (Fsp3) is 1.00. The van der Waals surface area contributed by atoms with E-state index < -0.39 is 0 Å². The zero-order chi connectivity index (χ0) is 12.4. The fourth-order valence-corrected chi connectivity index (χ4v) is 1.66. The molecule has 1 saturated heterocycles. The van der Waals surface area contributed by atoms with Crippen LogP contribution in [0.15, 0.2) is 0 Å². The molecule has 0 unspecified atom stereocenters. The van der Waals surface area contributed by atoms with Crippen molar-refractivity contribution in [1.82, 2.24) is 5.32 Å². The second-order valence-electron chi connectivity index (χ2n) is 6.63. The van der Waals surface area contributed by atoms with Crippen LogP contribution in [0.4, 0.5) is 0 Å². The van der Waals surface area contributed by atoms with Crippen molar-refractivity contribution in [2.75, 3.05) is 19.8 Å². The van der Waals surface area contributed by atoms with Gasteiger partial charge >= 0.3 is 0 Å². The van der Waals surface area contributed by atoms with Crippen LogP contribution in [-0.4, -0.2) is 30.8 Å². The highest BCUT2D eigenvalue weighted by Crippen LogP contribution is 2.29. The molecule has 0 spiro atoms. The van der Waals surface area contributed by atoms with Crippen molar-refractivity contribution in [3.8, 4) is 0 Å². The molecule has 0 amide bonds. The van der Waals surface area contributed by atoms with Gasteiger partial charge in [-0.25, -0.2) is 0 Å². The maximum atomic E-state index is 6.21. The Morgan fingerprint density at radius 1 is 1.19 bits per heavy atom. The molecule has 0 bridgehead atoms. The molecule has 96 valence electrons. The van der Waals surface area contributed by atoms with Crippen LogP contribution in [0.1, 0.15) is 47.5 Å². The molecule has 0 radical (unpaired) electrons. The number of ether oxygens (including phenoxy) is 1. The van der Waals surface area contributed by atoms with E-state index in [1.807, 2.05) is 0 Å². The molecule has 0 aromatic carbocycles. The minimum Gasteiger partial charge on any atom is -0.381 e. The first-order valence-corrected chi connectivity index (χ1v) is 6.28. The number of hydrogen-bond donors (Lipinski definition) is 2. The second-order valence-corrected chi connectivity index (χ2v) is 6.63. The van der Waals surface area contributed by atoms with Gasteiger partial charge in [-0.2, -0.15) is 0 Å². The predicted octanol–water partition coefficient (Wildman–Crippen LogP) is 1.91. The number of hydrogen-bond acceptors (Lipinski definition) is 3. The summed E-state index contributed by atoms with van der Waals surface area (Å²) in [5.41, 5.74) is 6.36. The van der Waals surface area contributed by atoms with Crippen molar-refractivity contribution < 1.29 is 4.74 Å². The van der Waals surface area contributed by atoms with Gasteiger partial charge in [0.25, 0.3) is 0 Å². The standard InChI is InChI=1S/C13H28N2O/c1-11(2,12(3,4)14)10-15-13(5)6-8-16-9-7-13/h15H,6-10,14H2,1-5H3. The third-order valence-corrected chi connectivity index (χ3v) is 4.30. The summed E-state index contributed by atoms with van der Waals surface area (Å²) in [6, 6.07) is 0. The van der Waals surface area contributed by atoms with Gasteiger partial charge in [-0.05, 0) is 39.0 Å². The summed E-state index contributed by atoms with van der Waals surface area (Å²) in [4.78, 5) is 0. The number of nitrogens with one attached hydrogen (secondary N) is 1. The first-order chi connectivity index (χ1) is 7.16. The summed E-state index contributed by atoms with van der Waals surface area (Å²) in [6.07, 6.45) is 2.18. The summed E-state index contributed by atoms with van der Waals surface area (Å²) in [6.45, 7) is 13.6. The Hall–Kier alpha value is -0.120. The third-order valence-electron chi connectivity index (χ3n) is 4.30. The Morgan fingerprint density at radius 2 is 1.69 bits per heavy atom. The van der Waals surface area contributed by atoms with Crippen molar-refractivity contribution >= 4 is 0 Å². The van der Waals surface area contributed by atoms with E-state index in [2.05, 4.69) is 39.9 Å². The highest BCUT2D eigenvalue weighted by molar-refractivity contribution is 4.95. The molecule has 1 heterocycles. The zero-order valence-electron chi connectivity index (χ0n) is 11.5. The molecule has 0 saturated carbocycles. The van der Waals surface area contributed by atoms with E-state index >= 15 is 0 Å². The van der Waals surface area contributed by atoms with Gasteiger partial charge in [0.2, 0.25) is 0 Å². The second kappa shape index (κ2) is 4.63. The Labute approximate surface area is 100 Å². The molecule has 1 aliphatic heterocycles. The minimum absolute atomic E-state index is 0.0916. The molecule has 1 fully saturated rings. The summed E-state index contributed by atoms with van der Waals surface area (Å²) >= 11 is 0. The van der Waals surface area contributed by atoms with Crippen molar-refractivity contribution in [1.29, 1.82) is 0 Å². The molecule has 1 aliphatic rings. The summed E-state index contributed by atoms with van der Waals surface area (Å²) in [5, 5.41) is 3.68. The van der Waals surface area contributed by atoms with Crippen LogP contribution in [0.25, 0.3) is 0 Å². The van der Waals surface area contributed by atoms with Gasteiger partial charge in [-0.15, -0.1) is 0 Å². The van der Waals surface area contributed by atoms with Crippen molar-refractivity contribution in [2.24, 2.45) is 11.1 Å². The van der Waals surface area contributed by atoms with Crippen LogP contribution < -0.4 is 11.1 Å². The van der Waals surface area contributed by atoms with Crippen LogP contribution in [0.5, 0.6) is 0 Å². The molecule has 1 rings (SSSR count). The van der Waals surface area contributed by atoms with E-state index in [0.29, 0.717) is 0 Å². The SMILES string of the molecule is CC1(NCC(C)(C)C(C)(C)N)CCOCC1. The molecular weight excluding hydrogens is 200 g/mol. The topological polar surface area (TPSA) is 47.3 Å². The first-order valence-electron chi connectivity index (χ1n) is 6.28. The van der Waals surface area contributed by atoms with Gasteiger partial charge in [-0.1, -0.05) is 13.8 Å². The number of nitrogens with two attached hydrogens (primary N) is 1. The normalized spacial score (nSPS) is 22.1. The van der Waals surface area contributed by atoms with Crippen LogP contribution in [0.2, 0.25) is 0 Å². The van der Waals surface area contributed by atoms with Crippen LogP contribution in [-0.2, 0) is 4.74 Å². The van der Waals surface area contributed by atoms with E-state index in [0.717, 1.165) is 32.6 Å². The lowest BCUT2D eigenvalue weighted by atomic mass is 9.74. The summed E-state index contributed by atoms with van der Waals surface area (Å²) in [7, 11) is 0. The average Bonchev–Trinajstić information content (AvgIpc) is 2.15. The molecule has 0 aliphatic carbocycles. The molecule has 16 heavy (non-hydrogen) atoms. The van der Waals surface area contributed by atoms with Crippen molar-refractivity contribution in [3.05, 3.63) is 0 Å². The minimum atomic E-state index is -0.165. The highest BCUT2D eigenvalue weighted by atomic mass is 16.5. The van der Waals surface area contributed by atoms with E-state index in [-0.39, 0.29) is 16.5 Å². The van der Waals surface area contributed by atoms with E-state index in [1.54, 1.807) is 0 Å². The molecule has 0 aromatic heterocycles. The maximum Gasteiger partial charge on any atom is 0.0483 e. The quantitative estimate of drug-likeness (QED) is 0.772. The number of rotatable bonds is 4. The molecule has 3 heteroatoms. The largest absolute Gasteiger partial charge is 0.381 e. The van der Waals surface area contributed by atoms with E-state index in [1.165, 1.54) is 0 Å². The van der Waals surface area contributed by atoms with E-state index in [9.17, 15) is 0 Å². The van der Waals surface area contributed by atoms with Gasteiger partial charge in [-0.3, -0.25) is 0 Å². The predicted molar refractivity (Wildman–Crippen MR) is 68.5 cm³/mol. The molecule has 0 atom stereocenters. The molecular formula is C13H28N2O. The Kier molecular flexibility index (Phi) is 4.04. The van der Waals surface area contributed by atoms with Gasteiger partial charge in [0.05, 0.1) is 0 Å². The summed E-state index contributed by atoms with van der Waals surface area (Å²) < 4.78 is 5.40. The first kappa shape index (κ1) is 13.9. The van der Waals surface area contributed by atoms with Crippen molar-refractivity contribution in [2.45, 2.75) is 58.5 Å². The Morgan fingerprint density at radius 3 is 2.12 bits per heavy atom. The third kappa shape index (κ3) is 3.44. The smallest absolute Gasteiger partial charge is 0.0483 e. The molecule has 0 aromatic rings. The van der Waals surface area contributed by atoms with Gasteiger partial charge < -0.3 is 15.8 Å².